The van der Waals surface area contributed by atoms with Crippen molar-refractivity contribution in [1.82, 2.24) is 15.3 Å². The summed E-state index contributed by atoms with van der Waals surface area (Å²) in [4.78, 5) is 55.8. The number of nitrogens with one attached hydrogen (secondary N) is 3. The number of carbonyl (C=O) groups is 3. The Labute approximate surface area is 187 Å². The summed E-state index contributed by atoms with van der Waals surface area (Å²) in [6.07, 6.45) is -0.573. The van der Waals surface area contributed by atoms with E-state index in [0.29, 0.717) is 31.0 Å². The summed E-state index contributed by atoms with van der Waals surface area (Å²) in [5.41, 5.74) is 7.12. The van der Waals surface area contributed by atoms with Gasteiger partial charge >= 0.3 is 11.9 Å². The maximum Gasteiger partial charge on any atom is 0.326 e. The maximum atomic E-state index is 12.5. The molecule has 4 rings (SSSR count). The number of nitrogens with two attached hydrogens (primary N) is 1. The molecule has 2 aromatic rings. The monoisotopic (exact) mass is 456 g/mol. The molecule has 1 amide bonds. The van der Waals surface area contributed by atoms with Crippen molar-refractivity contribution in [2.45, 2.75) is 24.8 Å². The normalized spacial score (nSPS) is 19.7. The van der Waals surface area contributed by atoms with E-state index in [1.807, 2.05) is 0 Å². The van der Waals surface area contributed by atoms with Crippen molar-refractivity contribution in [3.05, 3.63) is 45.7 Å². The number of nitrogens with zero attached hydrogens (tertiary/aromatic N) is 2. The van der Waals surface area contributed by atoms with Crippen LogP contribution in [0.4, 0.5) is 17.5 Å². The smallest absolute Gasteiger partial charge is 0.326 e. The van der Waals surface area contributed by atoms with Crippen LogP contribution in [0.15, 0.2) is 29.1 Å². The van der Waals surface area contributed by atoms with Gasteiger partial charge in [-0.25, -0.2) is 4.79 Å². The number of aliphatic carboxylic acids is 2. The van der Waals surface area contributed by atoms with Crippen molar-refractivity contribution in [3.8, 4) is 0 Å². The molecule has 1 saturated heterocycles. The van der Waals surface area contributed by atoms with Crippen molar-refractivity contribution in [2.24, 2.45) is 5.92 Å². The molecular weight excluding hydrogens is 432 g/mol. The van der Waals surface area contributed by atoms with Gasteiger partial charge in [0, 0.05) is 49.1 Å². The third-order valence-corrected chi connectivity index (χ3v) is 6.06. The second-order valence-corrected chi connectivity index (χ2v) is 8.21. The number of rotatable bonds is 7. The number of H-pyrrole nitrogens is 1. The molecule has 12 heteroatoms. The fraction of sp³-hybridized carbons (Fsp3) is 0.381. The van der Waals surface area contributed by atoms with Gasteiger partial charge in [-0.2, -0.15) is 4.98 Å². The second-order valence-electron chi connectivity index (χ2n) is 8.21. The Balaban J connectivity index is 1.45. The lowest BCUT2D eigenvalue weighted by Crippen LogP contribution is -2.41. The van der Waals surface area contributed by atoms with Gasteiger partial charge in [-0.1, -0.05) is 0 Å². The van der Waals surface area contributed by atoms with E-state index < -0.39 is 23.9 Å². The minimum Gasteiger partial charge on any atom is -0.481 e. The van der Waals surface area contributed by atoms with Crippen LogP contribution in [-0.4, -0.2) is 63.7 Å². The standard InChI is InChI=1S/C21H24N6O6/c22-21-25-17-16(19(31)26-21)13-9-27(8-11(13)7-23-17)12-3-1-10(2-4-12)18(30)24-14(20(32)33)5-6-15(28)29/h1-4,11,13-14H,5-9H2,(H,24,30)(H,28,29)(H,32,33)(H4,22,23,25,26,31)/t11-,13+,14+/m1/s1. The number of carboxylic acids is 2. The number of aromatic nitrogens is 2. The molecule has 0 spiro atoms. The molecule has 3 atom stereocenters. The predicted octanol–water partition coefficient (Wildman–Crippen LogP) is 0.0454. The third kappa shape index (κ3) is 4.59. The van der Waals surface area contributed by atoms with Crippen molar-refractivity contribution >= 4 is 35.3 Å². The zero-order valence-electron chi connectivity index (χ0n) is 17.6. The van der Waals surface area contributed by atoms with Crippen molar-refractivity contribution < 1.29 is 24.6 Å². The molecule has 1 aromatic heterocycles. The molecule has 2 aliphatic rings. The number of carboxylic acid groups (broad SMARTS) is 2. The van der Waals surface area contributed by atoms with Crippen LogP contribution in [0.2, 0.25) is 0 Å². The van der Waals surface area contributed by atoms with Crippen molar-refractivity contribution in [2.75, 3.05) is 35.6 Å². The molecule has 1 aromatic carbocycles. The van der Waals surface area contributed by atoms with Crippen LogP contribution in [0.5, 0.6) is 0 Å². The lowest BCUT2D eigenvalue weighted by molar-refractivity contribution is -0.140. The molecule has 1 fully saturated rings. The second kappa shape index (κ2) is 8.81. The summed E-state index contributed by atoms with van der Waals surface area (Å²) in [6.45, 7) is 1.98. The van der Waals surface area contributed by atoms with Gasteiger partial charge in [-0.05, 0) is 30.7 Å². The number of amides is 1. The summed E-state index contributed by atoms with van der Waals surface area (Å²) in [6, 6.07) is 5.41. The summed E-state index contributed by atoms with van der Waals surface area (Å²) < 4.78 is 0. The summed E-state index contributed by atoms with van der Waals surface area (Å²) in [5, 5.41) is 23.5. The average molecular weight is 456 g/mol. The number of fused-ring (bicyclic) bond motifs is 3. The highest BCUT2D eigenvalue weighted by molar-refractivity contribution is 5.97. The van der Waals surface area contributed by atoms with E-state index in [9.17, 15) is 24.3 Å². The number of hydrogen-bond donors (Lipinski definition) is 6. The summed E-state index contributed by atoms with van der Waals surface area (Å²) in [5.74, 6) is -2.23. The van der Waals surface area contributed by atoms with Crippen LogP contribution >= 0.6 is 0 Å². The highest BCUT2D eigenvalue weighted by Crippen LogP contribution is 2.39. The van der Waals surface area contributed by atoms with E-state index in [4.69, 9.17) is 10.8 Å². The van der Waals surface area contributed by atoms with E-state index in [2.05, 4.69) is 25.5 Å². The Kier molecular flexibility index (Phi) is 5.90. The topological polar surface area (TPSA) is 191 Å². The first-order valence-corrected chi connectivity index (χ1v) is 10.5. The molecule has 7 N–H and O–H groups in total. The highest BCUT2D eigenvalue weighted by atomic mass is 16.4. The molecule has 3 heterocycles. The zero-order chi connectivity index (χ0) is 23.7. The molecule has 174 valence electrons. The summed E-state index contributed by atoms with van der Waals surface area (Å²) >= 11 is 0. The van der Waals surface area contributed by atoms with Crippen molar-refractivity contribution in [3.63, 3.8) is 0 Å². The first kappa shape index (κ1) is 22.1. The van der Waals surface area contributed by atoms with Gasteiger partial charge in [0.2, 0.25) is 5.95 Å². The van der Waals surface area contributed by atoms with Crippen LogP contribution < -0.4 is 26.8 Å². The molecule has 0 bridgehead atoms. The molecule has 33 heavy (non-hydrogen) atoms. The van der Waals surface area contributed by atoms with Crippen molar-refractivity contribution in [1.29, 1.82) is 0 Å². The van der Waals surface area contributed by atoms with Crippen LogP contribution in [0, 0.1) is 5.92 Å². The molecule has 0 saturated carbocycles. The molecular formula is C21H24N6O6. The minimum absolute atomic E-state index is 0.00775. The van der Waals surface area contributed by atoms with Gasteiger partial charge in [-0.3, -0.25) is 19.4 Å². The largest absolute Gasteiger partial charge is 0.481 e. The average Bonchev–Trinajstić information content (AvgIpc) is 3.20. The maximum absolute atomic E-state index is 12.5. The first-order chi connectivity index (χ1) is 15.7. The number of nitrogen functional groups attached to an aromatic ring is 1. The SMILES string of the molecule is Nc1nc2c(c(=O)[nH]1)[C@H]1CN(c3ccc(C(=O)N[C@@H](CCC(=O)O)C(=O)O)cc3)C[C@H]1CN2. The van der Waals surface area contributed by atoms with Gasteiger partial charge in [0.15, 0.2) is 0 Å². The fourth-order valence-corrected chi connectivity index (χ4v) is 4.41. The Morgan fingerprint density at radius 2 is 1.94 bits per heavy atom. The number of anilines is 3. The van der Waals surface area contributed by atoms with Crippen LogP contribution in [0.3, 0.4) is 0 Å². The lowest BCUT2D eigenvalue weighted by Gasteiger charge is -2.26. The molecule has 12 nitrogen and oxygen atoms in total. The predicted molar refractivity (Wildman–Crippen MR) is 118 cm³/mol. The minimum atomic E-state index is -1.29. The summed E-state index contributed by atoms with van der Waals surface area (Å²) in [7, 11) is 0. The molecule has 0 aliphatic carbocycles. The quantitative estimate of drug-likeness (QED) is 0.332. The van der Waals surface area contributed by atoms with Gasteiger partial charge < -0.3 is 31.5 Å². The van der Waals surface area contributed by atoms with E-state index in [1.165, 1.54) is 0 Å². The molecule has 2 aliphatic heterocycles. The number of aromatic amines is 1. The molecule has 0 unspecified atom stereocenters. The Morgan fingerprint density at radius 3 is 2.61 bits per heavy atom. The lowest BCUT2D eigenvalue weighted by atomic mass is 9.87. The van der Waals surface area contributed by atoms with E-state index >= 15 is 0 Å². The van der Waals surface area contributed by atoms with Crippen LogP contribution in [0.1, 0.15) is 34.7 Å². The molecule has 0 radical (unpaired) electrons. The number of carbonyl (C=O) groups excluding carboxylic acids is 1. The number of benzene rings is 1. The van der Waals surface area contributed by atoms with Crippen LogP contribution in [-0.2, 0) is 9.59 Å². The zero-order valence-corrected chi connectivity index (χ0v) is 17.6. The van der Waals surface area contributed by atoms with E-state index in [1.54, 1.807) is 24.3 Å². The third-order valence-electron chi connectivity index (χ3n) is 6.06. The van der Waals surface area contributed by atoms with E-state index in [0.717, 1.165) is 5.69 Å². The van der Waals surface area contributed by atoms with Gasteiger partial charge in [0.25, 0.3) is 11.5 Å². The van der Waals surface area contributed by atoms with Crippen LogP contribution in [0.25, 0.3) is 0 Å². The number of hydrogen-bond acceptors (Lipinski definition) is 8. The Hall–Kier alpha value is -4.09. The van der Waals surface area contributed by atoms with E-state index in [-0.39, 0.29) is 41.7 Å². The van der Waals surface area contributed by atoms with Gasteiger partial charge in [-0.15, -0.1) is 0 Å². The van der Waals surface area contributed by atoms with Gasteiger partial charge in [0.05, 0.1) is 5.56 Å². The van der Waals surface area contributed by atoms with Gasteiger partial charge in [0.1, 0.15) is 11.9 Å². The highest BCUT2D eigenvalue weighted by Gasteiger charge is 2.40. The fourth-order valence-electron chi connectivity index (χ4n) is 4.41. The Bertz CT molecular complexity index is 1150. The Morgan fingerprint density at radius 1 is 1.21 bits per heavy atom. The first-order valence-electron chi connectivity index (χ1n) is 10.5.